The lowest BCUT2D eigenvalue weighted by Crippen LogP contribution is -2.54. The topological polar surface area (TPSA) is 130 Å². The number of fused-ring (bicyclic) bond motifs is 2. The number of nitrogens with one attached hydrogen (secondary N) is 1. The zero-order chi connectivity index (χ0) is 32.2. The Morgan fingerprint density at radius 2 is 1.87 bits per heavy atom. The maximum Gasteiger partial charge on any atom is 0.257 e. The Hall–Kier alpha value is -3.82. The number of hydrazine groups is 1. The van der Waals surface area contributed by atoms with Crippen LogP contribution in [0, 0.1) is 0 Å². The molecular weight excluding hydrogens is 624 g/mol. The maximum atomic E-state index is 6.46. The van der Waals surface area contributed by atoms with Crippen LogP contribution in [0.5, 0.6) is 11.6 Å². The highest BCUT2D eigenvalue weighted by Crippen LogP contribution is 2.38. The predicted octanol–water partition coefficient (Wildman–Crippen LogP) is 4.58. The molecule has 2 bridgehead atoms. The van der Waals surface area contributed by atoms with Gasteiger partial charge >= 0.3 is 0 Å². The Labute approximate surface area is 278 Å². The van der Waals surface area contributed by atoms with E-state index in [0.717, 1.165) is 62.4 Å². The number of nitrogens with zero attached hydrogens (tertiary/aromatic N) is 9. The lowest BCUT2D eigenvalue weighted by molar-refractivity contribution is -0.173. The van der Waals surface area contributed by atoms with E-state index >= 15 is 0 Å². The van der Waals surface area contributed by atoms with Crippen LogP contribution >= 0.6 is 11.6 Å². The standard InChI is InChI=1S/C32H41ClN10O4/c1-22(16-40-20-34-19-37-40)47-30-13-23(3-8-28(30)33)24-14-35-32(36-15-24)38-29-17-42(39-31(29)46-12-11-44-2)25-4-6-26(7-5-25)43-27-9-10-41(43)21-45-18-27/h3,8,13-15,17,19-20,22,25-27H,4-7,9-12,16,18,21H2,1-2H3,(H,35,36,38)/t22-,25-,26-,27+/m0/s1. The zero-order valence-electron chi connectivity index (χ0n) is 26.7. The molecule has 0 spiro atoms. The lowest BCUT2D eigenvalue weighted by Gasteiger charge is -2.44. The third-order valence-electron chi connectivity index (χ3n) is 9.01. The van der Waals surface area contributed by atoms with Crippen molar-refractivity contribution in [3.8, 4) is 22.8 Å². The zero-order valence-corrected chi connectivity index (χ0v) is 27.5. The molecular formula is C32H41ClN10O4. The number of benzene rings is 1. The molecule has 5 heterocycles. The van der Waals surface area contributed by atoms with Crippen LogP contribution in [0.25, 0.3) is 11.1 Å². The maximum absolute atomic E-state index is 6.46. The van der Waals surface area contributed by atoms with Crippen molar-refractivity contribution in [2.24, 2.45) is 0 Å². The van der Waals surface area contributed by atoms with Gasteiger partial charge in [-0.05, 0) is 56.7 Å². The highest BCUT2D eigenvalue weighted by molar-refractivity contribution is 6.32. The molecule has 3 aliphatic rings. The van der Waals surface area contributed by atoms with Crippen LogP contribution in [0.4, 0.5) is 11.6 Å². The number of halogens is 1. The Morgan fingerprint density at radius 1 is 1.04 bits per heavy atom. The van der Waals surface area contributed by atoms with Crippen molar-refractivity contribution in [2.45, 2.75) is 69.8 Å². The average Bonchev–Trinajstić information content (AvgIpc) is 3.81. The van der Waals surface area contributed by atoms with Crippen molar-refractivity contribution in [3.63, 3.8) is 0 Å². The highest BCUT2D eigenvalue weighted by Gasteiger charge is 2.41. The minimum absolute atomic E-state index is 0.165. The van der Waals surface area contributed by atoms with Crippen molar-refractivity contribution in [3.05, 3.63) is 54.5 Å². The SMILES string of the molecule is COCCOc1nn([C@H]2CC[C@H](N3[C@@H]4CCN3COC4)CC2)cc1Nc1ncc(-c2ccc(Cl)c(O[C@@H](C)Cn3cncn3)c2)cn1. The van der Waals surface area contributed by atoms with E-state index in [0.29, 0.717) is 60.5 Å². The molecule has 3 atom stereocenters. The molecule has 1 saturated carbocycles. The summed E-state index contributed by atoms with van der Waals surface area (Å²) in [4.78, 5) is 13.2. The molecule has 1 aliphatic carbocycles. The number of aromatic nitrogens is 7. The van der Waals surface area contributed by atoms with E-state index < -0.39 is 0 Å². The van der Waals surface area contributed by atoms with Crippen LogP contribution in [0.2, 0.25) is 5.02 Å². The molecule has 1 N–H and O–H groups in total. The molecule has 3 aromatic heterocycles. The smallest absolute Gasteiger partial charge is 0.257 e. The third-order valence-corrected chi connectivity index (χ3v) is 9.32. The summed E-state index contributed by atoms with van der Waals surface area (Å²) in [6, 6.07) is 7.01. The van der Waals surface area contributed by atoms with Gasteiger partial charge in [-0.3, -0.25) is 4.68 Å². The summed E-state index contributed by atoms with van der Waals surface area (Å²) in [5, 5.41) is 17.8. The van der Waals surface area contributed by atoms with Crippen LogP contribution in [0.15, 0.2) is 49.4 Å². The average molecular weight is 665 g/mol. The van der Waals surface area contributed by atoms with Gasteiger partial charge in [-0.15, -0.1) is 5.10 Å². The van der Waals surface area contributed by atoms with E-state index in [2.05, 4.69) is 35.4 Å². The van der Waals surface area contributed by atoms with Crippen molar-refractivity contribution in [2.75, 3.05) is 45.5 Å². The van der Waals surface area contributed by atoms with Crippen LogP contribution in [0.3, 0.4) is 0 Å². The Balaban J connectivity index is 1.01. The van der Waals surface area contributed by atoms with E-state index in [1.54, 1.807) is 30.5 Å². The highest BCUT2D eigenvalue weighted by atomic mass is 35.5. The summed E-state index contributed by atoms with van der Waals surface area (Å²) in [6.45, 7) is 6.03. The van der Waals surface area contributed by atoms with Gasteiger partial charge in [-0.1, -0.05) is 17.7 Å². The molecule has 7 rings (SSSR count). The summed E-state index contributed by atoms with van der Waals surface area (Å²) in [6.07, 6.45) is 14.1. The Morgan fingerprint density at radius 3 is 2.64 bits per heavy atom. The number of hydrogen-bond donors (Lipinski definition) is 1. The monoisotopic (exact) mass is 664 g/mol. The van der Waals surface area contributed by atoms with Crippen molar-refractivity contribution in [1.29, 1.82) is 0 Å². The van der Waals surface area contributed by atoms with E-state index in [4.69, 9.17) is 35.6 Å². The number of hydrogen-bond acceptors (Lipinski definition) is 12. The van der Waals surface area contributed by atoms with Gasteiger partial charge in [-0.25, -0.2) is 29.7 Å². The quantitative estimate of drug-likeness (QED) is 0.201. The summed E-state index contributed by atoms with van der Waals surface area (Å²) in [7, 11) is 1.65. The molecule has 0 radical (unpaired) electrons. The van der Waals surface area contributed by atoms with Gasteiger partial charge in [0.1, 0.15) is 43.5 Å². The van der Waals surface area contributed by atoms with E-state index in [-0.39, 0.29) is 6.10 Å². The van der Waals surface area contributed by atoms with Crippen molar-refractivity contribution in [1.82, 2.24) is 44.5 Å². The second-order valence-electron chi connectivity index (χ2n) is 12.3. The summed E-state index contributed by atoms with van der Waals surface area (Å²) in [5.74, 6) is 1.53. The number of methoxy groups -OCH3 is 1. The molecule has 1 aromatic carbocycles. The van der Waals surface area contributed by atoms with Gasteiger partial charge in [0.25, 0.3) is 5.88 Å². The summed E-state index contributed by atoms with van der Waals surface area (Å²) in [5.41, 5.74) is 2.43. The van der Waals surface area contributed by atoms with Crippen molar-refractivity contribution >= 4 is 23.2 Å². The first-order valence-corrected chi connectivity index (χ1v) is 16.6. The summed E-state index contributed by atoms with van der Waals surface area (Å²) >= 11 is 6.46. The van der Waals surface area contributed by atoms with Gasteiger partial charge in [0, 0.05) is 43.7 Å². The molecule has 1 unspecified atom stereocenters. The van der Waals surface area contributed by atoms with Crippen LogP contribution in [-0.4, -0.2) is 103 Å². The fraction of sp³-hybridized carbons (Fsp3) is 0.531. The number of anilines is 2. The second kappa shape index (κ2) is 14.5. The molecule has 0 amide bonds. The van der Waals surface area contributed by atoms with E-state index in [1.165, 1.54) is 12.7 Å². The van der Waals surface area contributed by atoms with Gasteiger partial charge in [-0.2, -0.15) is 5.10 Å². The Kier molecular flexibility index (Phi) is 9.81. The minimum Gasteiger partial charge on any atom is -0.487 e. The fourth-order valence-electron chi connectivity index (χ4n) is 6.73. The fourth-order valence-corrected chi connectivity index (χ4v) is 6.90. The largest absolute Gasteiger partial charge is 0.487 e. The number of ether oxygens (including phenoxy) is 4. The molecule has 2 saturated heterocycles. The first-order chi connectivity index (χ1) is 23.0. The molecule has 4 aromatic rings. The first-order valence-electron chi connectivity index (χ1n) is 16.2. The van der Waals surface area contributed by atoms with Crippen LogP contribution < -0.4 is 14.8 Å². The van der Waals surface area contributed by atoms with Gasteiger partial charge in [0.15, 0.2) is 0 Å². The lowest BCUT2D eigenvalue weighted by atomic mass is 9.90. The van der Waals surface area contributed by atoms with Gasteiger partial charge in [0.2, 0.25) is 5.95 Å². The molecule has 15 heteroatoms. The summed E-state index contributed by atoms with van der Waals surface area (Å²) < 4.78 is 26.9. The third kappa shape index (κ3) is 7.36. The molecule has 3 fully saturated rings. The predicted molar refractivity (Wildman–Crippen MR) is 175 cm³/mol. The van der Waals surface area contributed by atoms with Gasteiger partial charge in [0.05, 0.1) is 37.0 Å². The normalized spacial score (nSPS) is 23.5. The minimum atomic E-state index is -0.165. The van der Waals surface area contributed by atoms with Crippen LogP contribution in [0.1, 0.15) is 45.1 Å². The van der Waals surface area contributed by atoms with E-state index in [1.807, 2.05) is 36.0 Å². The molecule has 250 valence electrons. The molecule has 2 aliphatic heterocycles. The first kappa shape index (κ1) is 31.8. The Bertz CT molecular complexity index is 1580. The van der Waals surface area contributed by atoms with Crippen LogP contribution in [-0.2, 0) is 16.0 Å². The van der Waals surface area contributed by atoms with E-state index in [9.17, 15) is 0 Å². The van der Waals surface area contributed by atoms with Crippen molar-refractivity contribution < 1.29 is 18.9 Å². The molecule has 14 nitrogen and oxygen atoms in total. The molecule has 47 heavy (non-hydrogen) atoms. The second-order valence-corrected chi connectivity index (χ2v) is 12.7. The number of rotatable bonds is 13. The van der Waals surface area contributed by atoms with Gasteiger partial charge < -0.3 is 24.3 Å².